The van der Waals surface area contributed by atoms with Crippen molar-refractivity contribution in [2.24, 2.45) is 0 Å². The van der Waals surface area contributed by atoms with Crippen LogP contribution in [0.25, 0.3) is 0 Å². The lowest BCUT2D eigenvalue weighted by Crippen LogP contribution is -1.65. The molecule has 44 valence electrons. The molecule has 0 saturated carbocycles. The smallest absolute Gasteiger partial charge is 0.0663 e. The number of allylic oxidation sites excluding steroid dienone is 2. The predicted molar refractivity (Wildman–Crippen MR) is 34.5 cm³/mol. The van der Waals surface area contributed by atoms with Gasteiger partial charge in [-0.1, -0.05) is 24.6 Å². The van der Waals surface area contributed by atoms with Gasteiger partial charge in [0.2, 0.25) is 0 Å². The molecule has 0 unspecified atom stereocenters. The van der Waals surface area contributed by atoms with E-state index in [2.05, 4.69) is 0 Å². The number of hydrogen-bond acceptors (Lipinski definition) is 1. The van der Waals surface area contributed by atoms with Gasteiger partial charge < -0.3 is 0 Å². The van der Waals surface area contributed by atoms with E-state index in [0.717, 1.165) is 11.5 Å². The number of rotatable bonds is 2. The fourth-order valence-electron chi connectivity index (χ4n) is 0.301. The summed E-state index contributed by atoms with van der Waals surface area (Å²) in [6.07, 6.45) is 2.97. The minimum absolute atomic E-state index is 0.423. The molecule has 0 aromatic carbocycles. The summed E-state index contributed by atoms with van der Waals surface area (Å²) in [7, 11) is 0. The van der Waals surface area contributed by atoms with E-state index in [1.807, 2.05) is 13.0 Å². The highest BCUT2D eigenvalue weighted by Gasteiger charge is 1.82. The maximum absolute atomic E-state index is 8.06. The molecule has 0 aliphatic rings. The van der Waals surface area contributed by atoms with Crippen molar-refractivity contribution in [1.82, 2.24) is 0 Å². The Labute approximate surface area is 54.6 Å². The van der Waals surface area contributed by atoms with E-state index in [1.165, 1.54) is 0 Å². The molecule has 0 amide bonds. The summed E-state index contributed by atoms with van der Waals surface area (Å²) in [6, 6.07) is 1.97. The Morgan fingerprint density at radius 2 is 2.50 bits per heavy atom. The Kier molecular flexibility index (Phi) is 4.39. The molecule has 8 heavy (non-hydrogen) atoms. The molecule has 0 radical (unpaired) electrons. The van der Waals surface area contributed by atoms with Crippen molar-refractivity contribution in [3.8, 4) is 6.07 Å². The van der Waals surface area contributed by atoms with Crippen molar-refractivity contribution in [1.29, 1.82) is 5.26 Å². The molecule has 2 heteroatoms. The highest BCUT2D eigenvalue weighted by atomic mass is 35.5. The number of nitriles is 1. The lowest BCUT2D eigenvalue weighted by atomic mass is 10.3. The van der Waals surface area contributed by atoms with Gasteiger partial charge in [-0.3, -0.25) is 0 Å². The van der Waals surface area contributed by atoms with Gasteiger partial charge in [0, 0.05) is 5.03 Å². The fourth-order valence-corrected chi connectivity index (χ4v) is 0.378. The van der Waals surface area contributed by atoms with Crippen LogP contribution in [0.5, 0.6) is 0 Å². The average molecular weight is 130 g/mol. The molecule has 0 aliphatic heterocycles. The van der Waals surface area contributed by atoms with E-state index in [9.17, 15) is 0 Å². The van der Waals surface area contributed by atoms with Gasteiger partial charge in [0.1, 0.15) is 0 Å². The largest absolute Gasteiger partial charge is 0.198 e. The van der Waals surface area contributed by atoms with Gasteiger partial charge in [0.05, 0.1) is 12.5 Å². The van der Waals surface area contributed by atoms with E-state index in [4.69, 9.17) is 16.9 Å². The molecule has 0 aliphatic carbocycles. The van der Waals surface area contributed by atoms with Gasteiger partial charge in [0.25, 0.3) is 0 Å². The molecule has 0 fully saturated rings. The zero-order chi connectivity index (χ0) is 6.41. The summed E-state index contributed by atoms with van der Waals surface area (Å²) >= 11 is 5.55. The summed E-state index contributed by atoms with van der Waals surface area (Å²) < 4.78 is 0. The van der Waals surface area contributed by atoms with Gasteiger partial charge in [-0.15, -0.1) is 0 Å². The first-order valence-electron chi connectivity index (χ1n) is 2.52. The van der Waals surface area contributed by atoms with Crippen LogP contribution in [0.2, 0.25) is 0 Å². The van der Waals surface area contributed by atoms with Gasteiger partial charge in [-0.2, -0.15) is 5.26 Å². The van der Waals surface area contributed by atoms with Crippen LogP contribution in [0.3, 0.4) is 0 Å². The highest BCUT2D eigenvalue weighted by molar-refractivity contribution is 6.29. The SMILES string of the molecule is CC/C(Cl)=C/CC#N. The molecule has 0 rings (SSSR count). The fraction of sp³-hybridized carbons (Fsp3) is 0.500. The van der Waals surface area contributed by atoms with E-state index in [0.29, 0.717) is 6.42 Å². The van der Waals surface area contributed by atoms with Crippen LogP contribution in [-0.2, 0) is 0 Å². The maximum Gasteiger partial charge on any atom is 0.0663 e. The maximum atomic E-state index is 8.06. The number of nitrogens with zero attached hydrogens (tertiary/aromatic N) is 1. The molecule has 0 aromatic heterocycles. The van der Waals surface area contributed by atoms with Gasteiger partial charge in [-0.25, -0.2) is 0 Å². The number of hydrogen-bond donors (Lipinski definition) is 0. The molecule has 0 aromatic rings. The van der Waals surface area contributed by atoms with Crippen molar-refractivity contribution in [2.75, 3.05) is 0 Å². The van der Waals surface area contributed by atoms with Crippen LogP contribution in [0, 0.1) is 11.3 Å². The highest BCUT2D eigenvalue weighted by Crippen LogP contribution is 2.05. The third-order valence-corrected chi connectivity index (χ3v) is 1.17. The quantitative estimate of drug-likeness (QED) is 0.562. The topological polar surface area (TPSA) is 23.8 Å². The molecule has 0 N–H and O–H groups in total. The van der Waals surface area contributed by atoms with Crippen LogP contribution in [0.4, 0.5) is 0 Å². The molecular formula is C6H8ClN. The van der Waals surface area contributed by atoms with Crippen molar-refractivity contribution in [2.45, 2.75) is 19.8 Å². The number of halogens is 1. The summed E-state index contributed by atoms with van der Waals surface area (Å²) in [5.41, 5.74) is 0. The summed E-state index contributed by atoms with van der Waals surface area (Å²) in [5.74, 6) is 0. The molecule has 0 bridgehead atoms. The Balaban J connectivity index is 3.45. The molecule has 0 heterocycles. The summed E-state index contributed by atoms with van der Waals surface area (Å²) in [4.78, 5) is 0. The zero-order valence-corrected chi connectivity index (χ0v) is 5.57. The van der Waals surface area contributed by atoms with E-state index in [-0.39, 0.29) is 0 Å². The van der Waals surface area contributed by atoms with Crippen LogP contribution in [0.1, 0.15) is 19.8 Å². The predicted octanol–water partition coefficient (Wildman–Crippen LogP) is 2.43. The van der Waals surface area contributed by atoms with Crippen molar-refractivity contribution in [3.63, 3.8) is 0 Å². The van der Waals surface area contributed by atoms with Crippen molar-refractivity contribution >= 4 is 11.6 Å². The third kappa shape index (κ3) is 3.70. The first kappa shape index (κ1) is 7.52. The summed E-state index contributed by atoms with van der Waals surface area (Å²) in [5, 5.41) is 8.83. The Morgan fingerprint density at radius 3 is 2.88 bits per heavy atom. The first-order valence-corrected chi connectivity index (χ1v) is 2.90. The second-order valence-electron chi connectivity index (χ2n) is 1.37. The Bertz CT molecular complexity index is 121. The third-order valence-electron chi connectivity index (χ3n) is 0.753. The summed E-state index contributed by atoms with van der Waals surface area (Å²) in [6.45, 7) is 1.95. The molecular weight excluding hydrogens is 122 g/mol. The van der Waals surface area contributed by atoms with Crippen LogP contribution < -0.4 is 0 Å². The second-order valence-corrected chi connectivity index (χ2v) is 1.85. The molecule has 1 nitrogen and oxygen atoms in total. The van der Waals surface area contributed by atoms with E-state index in [1.54, 1.807) is 6.08 Å². The zero-order valence-electron chi connectivity index (χ0n) is 4.82. The van der Waals surface area contributed by atoms with E-state index < -0.39 is 0 Å². The van der Waals surface area contributed by atoms with Crippen molar-refractivity contribution in [3.05, 3.63) is 11.1 Å². The normalized spacial score (nSPS) is 10.9. The molecule has 0 atom stereocenters. The Morgan fingerprint density at radius 1 is 1.88 bits per heavy atom. The van der Waals surface area contributed by atoms with Gasteiger partial charge >= 0.3 is 0 Å². The Hall–Kier alpha value is -0.480. The van der Waals surface area contributed by atoms with Crippen molar-refractivity contribution < 1.29 is 0 Å². The lowest BCUT2D eigenvalue weighted by Gasteiger charge is -1.84. The minimum atomic E-state index is 0.423. The van der Waals surface area contributed by atoms with E-state index >= 15 is 0 Å². The van der Waals surface area contributed by atoms with Gasteiger partial charge in [0.15, 0.2) is 0 Å². The second kappa shape index (κ2) is 4.67. The van der Waals surface area contributed by atoms with Crippen LogP contribution in [0.15, 0.2) is 11.1 Å². The molecule has 0 spiro atoms. The molecule has 0 saturated heterocycles. The monoisotopic (exact) mass is 129 g/mol. The average Bonchev–Trinajstić information content (AvgIpc) is 1.83. The lowest BCUT2D eigenvalue weighted by molar-refractivity contribution is 1.17. The minimum Gasteiger partial charge on any atom is -0.198 e. The van der Waals surface area contributed by atoms with Crippen LogP contribution in [-0.4, -0.2) is 0 Å². The first-order chi connectivity index (χ1) is 3.81. The standard InChI is InChI=1S/C6H8ClN/c1-2-6(7)4-3-5-8/h4H,2-3H2,1H3/b6-4-. The van der Waals surface area contributed by atoms with Gasteiger partial charge in [-0.05, 0) is 6.42 Å². The van der Waals surface area contributed by atoms with Crippen LogP contribution >= 0.6 is 11.6 Å².